The third-order valence-corrected chi connectivity index (χ3v) is 28.8. The number of pyridine rings is 7. The Bertz CT molecular complexity index is 8040. The van der Waals surface area contributed by atoms with Crippen LogP contribution < -0.4 is 46.4 Å². The van der Waals surface area contributed by atoms with Gasteiger partial charge in [0.2, 0.25) is 5.82 Å². The van der Waals surface area contributed by atoms with E-state index in [1.807, 2.05) is 191 Å². The van der Waals surface area contributed by atoms with E-state index in [4.69, 9.17) is 124 Å². The van der Waals surface area contributed by atoms with Gasteiger partial charge in [-0.3, -0.25) is 23.7 Å². The maximum atomic E-state index is 7.35. The number of fused-ring (bicyclic) bond motifs is 4. The molecule has 0 spiro atoms. The van der Waals surface area contributed by atoms with E-state index in [2.05, 4.69) is 89.5 Å². The number of ether oxygens (including phenoxy) is 7. The number of halogens is 3. The SMILES string of the molecule is COc1c(N)cccc1-c1nc(C)cs1.COc1c(Nc2cc(Cl)nc3c2nc(C)n3C2CCCCO2)cccc1-c1nc(C)cs1.Cc1nc2c(Cl)cc(Cl)nc2n1C1CCCCO1.[C-]#[N+]c1cccc(Cc2cc(Nc3cccc(-c4nc(C)cs4)c3OC)c3c(n2)CC(C)=N3)n1.[C-]#[N+]c1cccc(Cc2cc(Nc3cccc(-c4nc(C)cs4)c3OC)c3nc(C)n(C4CCCCO4)c3n2)n1.[C-]#[N+]c1cccc(N)n1. The number of rotatable bonds is 21. The highest BCUT2D eigenvalue weighted by molar-refractivity contribution is 7.14. The highest BCUT2D eigenvalue weighted by Crippen LogP contribution is 2.48. The molecule has 22 rings (SSSR count). The van der Waals surface area contributed by atoms with Gasteiger partial charge in [0.15, 0.2) is 39.9 Å². The van der Waals surface area contributed by atoms with Crippen LogP contribution in [0.25, 0.3) is 90.3 Å². The molecule has 7 N–H and O–H groups in total. The minimum atomic E-state index is -0.107. The molecule has 4 aliphatic rings. The van der Waals surface area contributed by atoms with Crippen molar-refractivity contribution in [1.29, 1.82) is 0 Å². The third kappa shape index (κ3) is 24.4. The number of imidazole rings is 3. The molecule has 0 radical (unpaired) electrons. The van der Waals surface area contributed by atoms with Gasteiger partial charge >= 0.3 is 0 Å². The molecule has 18 heterocycles. The number of aromatic nitrogens is 17. The molecule has 3 saturated heterocycles. The summed E-state index contributed by atoms with van der Waals surface area (Å²) in [5.74, 6) is 6.90. The second-order valence-electron chi connectivity index (χ2n) is 34.9. The molecule has 754 valence electrons. The monoisotopic (exact) mass is 2110 g/mol. The first-order valence-electron chi connectivity index (χ1n) is 47.6. The molecule has 18 aromatic rings. The van der Waals surface area contributed by atoms with Gasteiger partial charge in [-0.25, -0.2) is 49.8 Å². The van der Waals surface area contributed by atoms with Crippen molar-refractivity contribution >= 4 is 188 Å². The number of nitrogens with one attached hydrogen (secondary N) is 3. The van der Waals surface area contributed by atoms with Crippen molar-refractivity contribution in [3.63, 3.8) is 0 Å². The Morgan fingerprint density at radius 2 is 0.743 bits per heavy atom. The molecular formula is C108H105Cl3N26O7S4. The zero-order valence-corrected chi connectivity index (χ0v) is 88.8. The van der Waals surface area contributed by atoms with E-state index in [9.17, 15) is 0 Å². The Hall–Kier alpha value is -15.1. The number of hydrogen-bond acceptors (Lipinski definition) is 31. The molecule has 148 heavy (non-hydrogen) atoms. The van der Waals surface area contributed by atoms with E-state index in [0.717, 1.165) is 268 Å². The molecule has 40 heteroatoms. The molecule has 4 aromatic carbocycles. The number of thiazole rings is 4. The summed E-state index contributed by atoms with van der Waals surface area (Å²) in [6.07, 6.45) is 11.0. The summed E-state index contributed by atoms with van der Waals surface area (Å²) in [6.45, 7) is 39.2. The second kappa shape index (κ2) is 48.1. The lowest BCUT2D eigenvalue weighted by Crippen LogP contribution is -2.19. The number of aliphatic imine (C=N–C) groups is 1. The molecule has 3 unspecified atom stereocenters. The van der Waals surface area contributed by atoms with E-state index in [1.54, 1.807) is 116 Å². The molecular weight excluding hydrogens is 2010 g/mol. The standard InChI is InChI=1S/C30H29N7O2S.C26H22N6OS.C23H24ClN5O2S.C12H13Cl2N3O.C11H12N2OS.C6H5N3/c1-18-17-40-30(32-18)22-10-8-11-23(28(22)38-4)36-24-16-21(15-20-9-7-12-25(31-3)34-20)35-29-27(24)33-19(2)37(29)26-13-5-6-14-39-26;1-15-11-21-24(28-15)22(13-18(30-21)12-17-7-5-10-23(27-3)31-17)32-20-9-6-8-19(25(20)33-4)26-29-16(2)14-34-26;1-13-12-32-23(25-13)15-7-6-8-16(21(15)30-3)27-17-11-18(24)28-22-20(17)26-14(2)29(22)19-9-4-5-10-31-19;1-7-15-11-8(13)6-9(14)16-12(11)17(7)10-4-2-3-5-18-10;1-7-6-15-11(13-7)8-4-3-5-9(12)10(8)14-2;1-8-6-4-2-3-5(7)9-6/h7-12,16-17,26H,5-6,13-15H2,1-2,4H3,(H,35,36);5-10,13-14H,11-12H2,1-2,4H3,(H,30,32);6-8,11-12,19H,4-5,9-10H2,1-3H3,(H,27,28);6,10H,2-5H2,1H3;3-6H,12H2,1-2H3;2-4H,(H2,7,9). The third-order valence-electron chi connectivity index (χ3n) is 24.1. The fourth-order valence-corrected chi connectivity index (χ4v) is 21.6. The number of nitrogen functional groups attached to an aromatic ring is 2. The number of nitrogens with two attached hydrogens (primary N) is 2. The molecule has 33 nitrogen and oxygen atoms in total. The van der Waals surface area contributed by atoms with Crippen LogP contribution in [-0.2, 0) is 33.5 Å². The van der Waals surface area contributed by atoms with Gasteiger partial charge in [-0.1, -0.05) is 97.0 Å². The number of aryl methyl sites for hydroxylation is 7. The fraction of sp³-hybridized carbons (Fsp3) is 0.278. The normalized spacial score (nSPS) is 14.5. The Labute approximate surface area is 886 Å². The van der Waals surface area contributed by atoms with Crippen molar-refractivity contribution in [2.45, 2.75) is 151 Å². The minimum absolute atomic E-state index is 0.00853. The summed E-state index contributed by atoms with van der Waals surface area (Å²) in [6, 6.07) is 47.0. The topological polar surface area (TPSA) is 373 Å². The number of methoxy groups -OCH3 is 4. The van der Waals surface area contributed by atoms with Gasteiger partial charge in [-0.15, -0.1) is 60.3 Å². The molecule has 3 atom stereocenters. The summed E-state index contributed by atoms with van der Waals surface area (Å²) in [4.78, 5) is 78.8. The van der Waals surface area contributed by atoms with Crippen LogP contribution in [0, 0.1) is 68.2 Å². The number of benzene rings is 4. The molecule has 14 aromatic heterocycles. The highest BCUT2D eigenvalue weighted by atomic mass is 35.5. The summed E-state index contributed by atoms with van der Waals surface area (Å²) in [5, 5.41) is 23.7. The number of para-hydroxylation sites is 4. The molecule has 0 aliphatic carbocycles. The van der Waals surface area contributed by atoms with Crippen LogP contribution in [-0.4, -0.2) is 137 Å². The van der Waals surface area contributed by atoms with Crippen LogP contribution in [0.3, 0.4) is 0 Å². The Kier molecular flexibility index (Phi) is 33.9. The number of nitrogens with zero attached hydrogens (tertiary/aromatic N) is 21. The Balaban J connectivity index is 0.000000127. The average Bonchev–Trinajstić information content (AvgIpc) is 1.62. The van der Waals surface area contributed by atoms with Gasteiger partial charge in [-0.05, 0) is 210 Å². The average molecular weight is 2110 g/mol. The predicted molar refractivity (Wildman–Crippen MR) is 590 cm³/mol. The lowest BCUT2D eigenvalue weighted by Gasteiger charge is -2.25. The van der Waals surface area contributed by atoms with Crippen LogP contribution in [0.15, 0.2) is 178 Å². The highest BCUT2D eigenvalue weighted by Gasteiger charge is 2.31. The first kappa shape index (κ1) is 104. The van der Waals surface area contributed by atoms with Crippen molar-refractivity contribution < 1.29 is 33.2 Å². The van der Waals surface area contributed by atoms with Crippen LogP contribution in [0.2, 0.25) is 15.3 Å². The van der Waals surface area contributed by atoms with Crippen molar-refractivity contribution in [1.82, 2.24) is 83.5 Å². The largest absolute Gasteiger partial charge is 0.494 e. The zero-order chi connectivity index (χ0) is 104. The van der Waals surface area contributed by atoms with Crippen LogP contribution in [0.5, 0.6) is 23.0 Å². The molecule has 0 saturated carbocycles. The summed E-state index contributed by atoms with van der Waals surface area (Å²) in [7, 11) is 6.63. The van der Waals surface area contributed by atoms with Crippen molar-refractivity contribution in [3.05, 3.63) is 291 Å². The lowest BCUT2D eigenvalue weighted by molar-refractivity contribution is -0.0310. The lowest BCUT2D eigenvalue weighted by atomic mass is 10.1. The Morgan fingerprint density at radius 3 is 1.14 bits per heavy atom. The van der Waals surface area contributed by atoms with Crippen molar-refractivity contribution in [2.75, 3.05) is 75.7 Å². The minimum Gasteiger partial charge on any atom is -0.494 e. The van der Waals surface area contributed by atoms with E-state index in [0.29, 0.717) is 86.2 Å². The maximum absolute atomic E-state index is 7.35. The first-order chi connectivity index (χ1) is 71.8. The second-order valence-corrected chi connectivity index (χ2v) is 39.5. The Morgan fingerprint density at radius 1 is 0.378 bits per heavy atom. The summed E-state index contributed by atoms with van der Waals surface area (Å²) >= 11 is 24.9. The van der Waals surface area contributed by atoms with E-state index in [1.165, 1.54) is 0 Å². The first-order valence-corrected chi connectivity index (χ1v) is 52.3. The smallest absolute Gasteiger partial charge is 0.271 e. The van der Waals surface area contributed by atoms with Crippen LogP contribution in [0.4, 0.5) is 68.8 Å². The summed E-state index contributed by atoms with van der Waals surface area (Å²) < 4.78 is 46.9. The van der Waals surface area contributed by atoms with Crippen molar-refractivity contribution in [3.8, 4) is 65.3 Å². The zero-order valence-electron chi connectivity index (χ0n) is 83.3. The number of hydrogen-bond donors (Lipinski definition) is 5. The summed E-state index contributed by atoms with van der Waals surface area (Å²) in [5.41, 5.74) is 34.8. The fourth-order valence-electron chi connectivity index (χ4n) is 17.6. The van der Waals surface area contributed by atoms with Crippen LogP contribution >= 0.6 is 80.1 Å². The van der Waals surface area contributed by atoms with E-state index < -0.39 is 0 Å². The van der Waals surface area contributed by atoms with Gasteiger partial charge in [0.1, 0.15) is 100 Å². The molecule has 3 fully saturated rings. The molecule has 0 bridgehead atoms. The van der Waals surface area contributed by atoms with Gasteiger partial charge in [0, 0.05) is 88.4 Å². The quantitative estimate of drug-likeness (QED) is 0.0253. The van der Waals surface area contributed by atoms with Crippen LogP contribution in [0.1, 0.15) is 152 Å². The van der Waals surface area contributed by atoms with Crippen molar-refractivity contribution in [2.24, 2.45) is 4.99 Å². The molecule has 0 amide bonds. The van der Waals surface area contributed by atoms with Gasteiger partial charge in [0.25, 0.3) is 17.5 Å². The predicted octanol–water partition coefficient (Wildman–Crippen LogP) is 27.6. The number of anilines is 8. The van der Waals surface area contributed by atoms with Gasteiger partial charge < -0.3 is 75.1 Å². The van der Waals surface area contributed by atoms with Gasteiger partial charge in [0.05, 0.1) is 125 Å². The van der Waals surface area contributed by atoms with E-state index in [-0.39, 0.29) is 18.7 Å². The molecule has 4 aliphatic heterocycles. The van der Waals surface area contributed by atoms with E-state index >= 15 is 0 Å². The van der Waals surface area contributed by atoms with Gasteiger partial charge in [-0.2, -0.15) is 0 Å². The maximum Gasteiger partial charge on any atom is 0.271 e.